The molecular formula is C32H40N2O3. The molecule has 37 heavy (non-hydrogen) atoms. The van der Waals surface area contributed by atoms with Crippen molar-refractivity contribution >= 4 is 11.8 Å². The van der Waals surface area contributed by atoms with Crippen LogP contribution < -0.4 is 10.1 Å². The monoisotopic (exact) mass is 500 g/mol. The smallest absolute Gasteiger partial charge is 0.261 e. The van der Waals surface area contributed by atoms with Gasteiger partial charge in [-0.15, -0.1) is 0 Å². The lowest BCUT2D eigenvalue weighted by molar-refractivity contribution is -0.143. The molecule has 3 aromatic rings. The first-order chi connectivity index (χ1) is 17.7. The Morgan fingerprint density at radius 2 is 1.59 bits per heavy atom. The van der Waals surface area contributed by atoms with E-state index in [1.807, 2.05) is 96.1 Å². The highest BCUT2D eigenvalue weighted by Gasteiger charge is 2.31. The minimum Gasteiger partial charge on any atom is -0.483 e. The van der Waals surface area contributed by atoms with E-state index in [1.165, 1.54) is 0 Å². The number of ether oxygens (including phenoxy) is 1. The van der Waals surface area contributed by atoms with Crippen molar-refractivity contribution in [2.75, 3.05) is 6.61 Å². The maximum absolute atomic E-state index is 13.8. The highest BCUT2D eigenvalue weighted by molar-refractivity contribution is 5.88. The van der Waals surface area contributed by atoms with Crippen molar-refractivity contribution in [3.05, 3.63) is 100 Å². The molecule has 2 atom stereocenters. The number of rotatable bonds is 11. The van der Waals surface area contributed by atoms with Crippen LogP contribution in [0.25, 0.3) is 0 Å². The highest BCUT2D eigenvalue weighted by atomic mass is 16.5. The van der Waals surface area contributed by atoms with Gasteiger partial charge in [0.1, 0.15) is 11.8 Å². The van der Waals surface area contributed by atoms with Gasteiger partial charge in [-0.1, -0.05) is 73.2 Å². The summed E-state index contributed by atoms with van der Waals surface area (Å²) in [5.74, 6) is 0.326. The summed E-state index contributed by atoms with van der Waals surface area (Å²) >= 11 is 0. The van der Waals surface area contributed by atoms with Crippen LogP contribution in [0.15, 0.2) is 66.7 Å². The molecule has 2 amide bonds. The van der Waals surface area contributed by atoms with E-state index in [0.29, 0.717) is 18.7 Å². The number of benzene rings is 3. The second kappa shape index (κ2) is 13.1. The average molecular weight is 501 g/mol. The van der Waals surface area contributed by atoms with Crippen LogP contribution in [-0.4, -0.2) is 35.4 Å². The quantitative estimate of drug-likeness (QED) is 0.359. The lowest BCUT2D eigenvalue weighted by Crippen LogP contribution is -2.53. The largest absolute Gasteiger partial charge is 0.483 e. The molecule has 0 aromatic heterocycles. The van der Waals surface area contributed by atoms with E-state index >= 15 is 0 Å². The zero-order valence-electron chi connectivity index (χ0n) is 23.0. The van der Waals surface area contributed by atoms with Gasteiger partial charge in [0.25, 0.3) is 5.91 Å². The molecule has 0 saturated carbocycles. The number of nitrogens with one attached hydrogen (secondary N) is 1. The molecule has 0 fully saturated rings. The molecule has 5 heteroatoms. The number of hydrogen-bond acceptors (Lipinski definition) is 3. The Balaban J connectivity index is 1.95. The fourth-order valence-electron chi connectivity index (χ4n) is 4.38. The van der Waals surface area contributed by atoms with Crippen molar-refractivity contribution in [3.63, 3.8) is 0 Å². The lowest BCUT2D eigenvalue weighted by atomic mass is 10.0. The van der Waals surface area contributed by atoms with Gasteiger partial charge < -0.3 is 15.0 Å². The van der Waals surface area contributed by atoms with Crippen LogP contribution in [0.3, 0.4) is 0 Å². The molecule has 5 nitrogen and oxygen atoms in total. The number of hydrogen-bond donors (Lipinski definition) is 1. The van der Waals surface area contributed by atoms with Crippen molar-refractivity contribution < 1.29 is 14.3 Å². The third kappa shape index (κ3) is 7.94. The topological polar surface area (TPSA) is 58.6 Å². The molecule has 196 valence electrons. The summed E-state index contributed by atoms with van der Waals surface area (Å²) in [4.78, 5) is 29.1. The second-order valence-electron chi connectivity index (χ2n) is 10.0. The van der Waals surface area contributed by atoms with Gasteiger partial charge in [-0.25, -0.2) is 0 Å². The van der Waals surface area contributed by atoms with Crippen LogP contribution in [0, 0.1) is 27.7 Å². The summed E-state index contributed by atoms with van der Waals surface area (Å²) in [5, 5.41) is 3.11. The van der Waals surface area contributed by atoms with E-state index in [-0.39, 0.29) is 24.5 Å². The molecule has 0 radical (unpaired) electrons. The Morgan fingerprint density at radius 1 is 0.892 bits per heavy atom. The maximum atomic E-state index is 13.8. The molecule has 3 aromatic carbocycles. The molecule has 0 aliphatic carbocycles. The predicted molar refractivity (Wildman–Crippen MR) is 150 cm³/mol. The lowest BCUT2D eigenvalue weighted by Gasteiger charge is -2.32. The van der Waals surface area contributed by atoms with Gasteiger partial charge in [0, 0.05) is 19.0 Å². The predicted octanol–water partition coefficient (Wildman–Crippen LogP) is 5.85. The third-order valence-electron chi connectivity index (χ3n) is 6.82. The number of carbonyl (C=O) groups is 2. The number of carbonyl (C=O) groups excluding carboxylic acids is 2. The van der Waals surface area contributed by atoms with E-state index in [1.54, 1.807) is 4.90 Å². The van der Waals surface area contributed by atoms with Crippen molar-refractivity contribution in [2.24, 2.45) is 0 Å². The fourth-order valence-corrected chi connectivity index (χ4v) is 4.38. The molecule has 0 aliphatic heterocycles. The number of nitrogens with zero attached hydrogens (tertiary/aromatic N) is 1. The normalized spacial score (nSPS) is 12.5. The van der Waals surface area contributed by atoms with Crippen molar-refractivity contribution in [3.8, 4) is 5.75 Å². The fraction of sp³-hybridized carbons (Fsp3) is 0.375. The number of amides is 2. The van der Waals surface area contributed by atoms with Crippen LogP contribution in [-0.2, 0) is 22.6 Å². The molecular weight excluding hydrogens is 460 g/mol. The Morgan fingerprint density at radius 3 is 2.27 bits per heavy atom. The van der Waals surface area contributed by atoms with Gasteiger partial charge >= 0.3 is 0 Å². The molecule has 0 saturated heterocycles. The number of aryl methyl sites for hydroxylation is 3. The van der Waals surface area contributed by atoms with Crippen LogP contribution >= 0.6 is 0 Å². The van der Waals surface area contributed by atoms with Crippen LogP contribution in [0.2, 0.25) is 0 Å². The summed E-state index contributed by atoms with van der Waals surface area (Å²) < 4.78 is 6.06. The standard InChI is InChI=1S/C32H40N2O3/c1-7-25(5)33-32(36)29(19-27-13-9-8-10-14-27)34(20-28-15-11-12-22(2)17-28)31(35)21-37-30-18-23(3)16-24(4)26(30)6/h8-18,25,29H,7,19-21H2,1-6H3,(H,33,36)/t25-,29-/m0/s1. The first-order valence-electron chi connectivity index (χ1n) is 13.1. The Hall–Kier alpha value is -3.60. The van der Waals surface area contributed by atoms with Gasteiger partial charge in [-0.2, -0.15) is 0 Å². The Kier molecular flexibility index (Phi) is 9.90. The van der Waals surface area contributed by atoms with Crippen molar-refractivity contribution in [1.82, 2.24) is 10.2 Å². The van der Waals surface area contributed by atoms with E-state index in [0.717, 1.165) is 39.8 Å². The van der Waals surface area contributed by atoms with Gasteiger partial charge in [0.05, 0.1) is 0 Å². The molecule has 0 heterocycles. The van der Waals surface area contributed by atoms with Gasteiger partial charge in [-0.3, -0.25) is 9.59 Å². The van der Waals surface area contributed by atoms with Crippen molar-refractivity contribution in [1.29, 1.82) is 0 Å². The Bertz CT molecular complexity index is 1210. The van der Waals surface area contributed by atoms with E-state index in [9.17, 15) is 9.59 Å². The van der Waals surface area contributed by atoms with Gasteiger partial charge in [0.2, 0.25) is 5.91 Å². The first-order valence-corrected chi connectivity index (χ1v) is 13.1. The zero-order valence-corrected chi connectivity index (χ0v) is 23.0. The summed E-state index contributed by atoms with van der Waals surface area (Å²) in [6.07, 6.45) is 1.23. The molecule has 0 aliphatic rings. The average Bonchev–Trinajstić information content (AvgIpc) is 2.87. The third-order valence-corrected chi connectivity index (χ3v) is 6.82. The molecule has 0 bridgehead atoms. The highest BCUT2D eigenvalue weighted by Crippen LogP contribution is 2.24. The van der Waals surface area contributed by atoms with Crippen LogP contribution in [0.4, 0.5) is 0 Å². The van der Waals surface area contributed by atoms with Crippen molar-refractivity contribution in [2.45, 2.75) is 73.0 Å². The first kappa shape index (κ1) is 28.0. The Labute approximate surface area is 221 Å². The van der Waals surface area contributed by atoms with Gasteiger partial charge in [-0.05, 0) is 74.9 Å². The summed E-state index contributed by atoms with van der Waals surface area (Å²) in [6.45, 7) is 12.3. The SMILES string of the molecule is CC[C@H](C)NC(=O)[C@H](Cc1ccccc1)N(Cc1cccc(C)c1)C(=O)COc1cc(C)cc(C)c1C. The molecule has 3 rings (SSSR count). The summed E-state index contributed by atoms with van der Waals surface area (Å²) in [7, 11) is 0. The van der Waals surface area contributed by atoms with E-state index in [4.69, 9.17) is 4.74 Å². The zero-order chi connectivity index (χ0) is 26.9. The van der Waals surface area contributed by atoms with E-state index in [2.05, 4.69) is 17.4 Å². The summed E-state index contributed by atoms with van der Waals surface area (Å²) in [5.41, 5.74) is 6.30. The van der Waals surface area contributed by atoms with E-state index < -0.39 is 6.04 Å². The second-order valence-corrected chi connectivity index (χ2v) is 10.0. The summed E-state index contributed by atoms with van der Waals surface area (Å²) in [6, 6.07) is 21.3. The minimum absolute atomic E-state index is 0.0101. The molecule has 0 unspecified atom stereocenters. The minimum atomic E-state index is -0.673. The molecule has 1 N–H and O–H groups in total. The molecule has 0 spiro atoms. The van der Waals surface area contributed by atoms with Gasteiger partial charge in [0.15, 0.2) is 6.61 Å². The van der Waals surface area contributed by atoms with Crippen LogP contribution in [0.1, 0.15) is 53.6 Å². The van der Waals surface area contributed by atoms with Crippen LogP contribution in [0.5, 0.6) is 5.75 Å². The maximum Gasteiger partial charge on any atom is 0.261 e.